The molecule has 1 aromatic heterocycles. The van der Waals surface area contributed by atoms with Crippen molar-refractivity contribution in [3.63, 3.8) is 0 Å². The number of halogens is 2. The van der Waals surface area contributed by atoms with E-state index in [4.69, 9.17) is 32.7 Å². The van der Waals surface area contributed by atoms with Crippen molar-refractivity contribution < 1.29 is 14.3 Å². The molecular formula is C17H13Cl2NO3S. The van der Waals surface area contributed by atoms with Gasteiger partial charge in [-0.05, 0) is 36.4 Å². The van der Waals surface area contributed by atoms with Gasteiger partial charge in [0, 0.05) is 15.1 Å². The monoisotopic (exact) mass is 381 g/mol. The SMILES string of the molecule is COc1ccc2sc(C(=O)Nc3cc(Cl)ccc3OC)c(Cl)c2c1. The van der Waals surface area contributed by atoms with E-state index < -0.39 is 0 Å². The minimum Gasteiger partial charge on any atom is -0.497 e. The van der Waals surface area contributed by atoms with Gasteiger partial charge in [-0.1, -0.05) is 23.2 Å². The summed E-state index contributed by atoms with van der Waals surface area (Å²) in [7, 11) is 3.11. The van der Waals surface area contributed by atoms with Gasteiger partial charge in [-0.2, -0.15) is 0 Å². The lowest BCUT2D eigenvalue weighted by Gasteiger charge is -2.10. The molecule has 4 nitrogen and oxygen atoms in total. The van der Waals surface area contributed by atoms with Gasteiger partial charge in [-0.25, -0.2) is 0 Å². The molecule has 0 aliphatic carbocycles. The first-order valence-electron chi connectivity index (χ1n) is 6.94. The van der Waals surface area contributed by atoms with E-state index in [9.17, 15) is 4.79 Å². The highest BCUT2D eigenvalue weighted by atomic mass is 35.5. The van der Waals surface area contributed by atoms with Crippen molar-refractivity contribution in [1.82, 2.24) is 0 Å². The van der Waals surface area contributed by atoms with E-state index in [1.165, 1.54) is 18.4 Å². The van der Waals surface area contributed by atoms with E-state index in [-0.39, 0.29) is 5.91 Å². The Bertz CT molecular complexity index is 924. The average molecular weight is 382 g/mol. The lowest BCUT2D eigenvalue weighted by atomic mass is 10.2. The van der Waals surface area contributed by atoms with E-state index >= 15 is 0 Å². The van der Waals surface area contributed by atoms with Crippen LogP contribution in [-0.4, -0.2) is 20.1 Å². The van der Waals surface area contributed by atoms with Crippen LogP contribution in [0.4, 0.5) is 5.69 Å². The summed E-state index contributed by atoms with van der Waals surface area (Å²) in [5.74, 6) is 0.887. The third kappa shape index (κ3) is 3.15. The predicted molar refractivity (Wildman–Crippen MR) is 99.3 cm³/mol. The number of thiophene rings is 1. The van der Waals surface area contributed by atoms with Crippen LogP contribution < -0.4 is 14.8 Å². The summed E-state index contributed by atoms with van der Waals surface area (Å²) in [5.41, 5.74) is 0.487. The van der Waals surface area contributed by atoms with Crippen molar-refractivity contribution in [2.75, 3.05) is 19.5 Å². The van der Waals surface area contributed by atoms with E-state index in [2.05, 4.69) is 5.32 Å². The van der Waals surface area contributed by atoms with Gasteiger partial charge in [-0.3, -0.25) is 4.79 Å². The van der Waals surface area contributed by atoms with E-state index in [0.717, 1.165) is 10.1 Å². The number of anilines is 1. The standard InChI is InChI=1S/C17H13Cl2NO3S/c1-22-10-4-6-14-11(8-10)15(19)16(24-14)17(21)20-12-7-9(18)3-5-13(12)23-2/h3-8H,1-2H3,(H,20,21). The quantitative estimate of drug-likeness (QED) is 0.650. The summed E-state index contributed by atoms with van der Waals surface area (Å²) in [6.07, 6.45) is 0. The van der Waals surface area contributed by atoms with Crippen LogP contribution in [0.3, 0.4) is 0 Å². The largest absolute Gasteiger partial charge is 0.497 e. The Balaban J connectivity index is 1.97. The van der Waals surface area contributed by atoms with Gasteiger partial charge in [-0.15, -0.1) is 11.3 Å². The third-order valence-electron chi connectivity index (χ3n) is 3.45. The number of carbonyl (C=O) groups is 1. The summed E-state index contributed by atoms with van der Waals surface area (Å²) in [6.45, 7) is 0. The molecule has 1 N–H and O–H groups in total. The molecule has 7 heteroatoms. The van der Waals surface area contributed by atoms with E-state index in [1.807, 2.05) is 18.2 Å². The number of methoxy groups -OCH3 is 2. The number of hydrogen-bond donors (Lipinski definition) is 1. The summed E-state index contributed by atoms with van der Waals surface area (Å²) in [4.78, 5) is 13.0. The Hall–Kier alpha value is -1.95. The maximum absolute atomic E-state index is 12.6. The molecule has 0 saturated carbocycles. The van der Waals surface area contributed by atoms with E-state index in [1.54, 1.807) is 25.3 Å². The van der Waals surface area contributed by atoms with Crippen LogP contribution >= 0.6 is 34.5 Å². The zero-order valence-corrected chi connectivity index (χ0v) is 15.2. The Kier molecular flexibility index (Phi) is 4.85. The van der Waals surface area contributed by atoms with Crippen LogP contribution in [-0.2, 0) is 0 Å². The van der Waals surface area contributed by atoms with Gasteiger partial charge in [0.15, 0.2) is 0 Å². The fourth-order valence-corrected chi connectivity index (χ4v) is 3.83. The van der Waals surface area contributed by atoms with Crippen molar-refractivity contribution in [2.45, 2.75) is 0 Å². The molecule has 0 spiro atoms. The van der Waals surface area contributed by atoms with Crippen molar-refractivity contribution >= 4 is 56.2 Å². The molecule has 0 aliphatic rings. The van der Waals surface area contributed by atoms with Gasteiger partial charge in [0.05, 0.1) is 24.9 Å². The summed E-state index contributed by atoms with van der Waals surface area (Å²) in [6, 6.07) is 10.5. The smallest absolute Gasteiger partial charge is 0.267 e. The first-order valence-corrected chi connectivity index (χ1v) is 8.51. The number of rotatable bonds is 4. The van der Waals surface area contributed by atoms with Crippen LogP contribution in [0.15, 0.2) is 36.4 Å². The summed E-state index contributed by atoms with van der Waals surface area (Å²) >= 11 is 13.7. The number of carbonyl (C=O) groups excluding carboxylic acids is 1. The van der Waals surface area contributed by atoms with Crippen LogP contribution in [0.5, 0.6) is 11.5 Å². The van der Waals surface area contributed by atoms with Crippen molar-refractivity contribution in [1.29, 1.82) is 0 Å². The summed E-state index contributed by atoms with van der Waals surface area (Å²) in [5, 5.41) is 4.47. The van der Waals surface area contributed by atoms with Gasteiger partial charge in [0.2, 0.25) is 0 Å². The van der Waals surface area contributed by atoms with Crippen molar-refractivity contribution in [2.24, 2.45) is 0 Å². The number of hydrogen-bond acceptors (Lipinski definition) is 4. The van der Waals surface area contributed by atoms with Crippen molar-refractivity contribution in [3.8, 4) is 11.5 Å². The molecule has 124 valence electrons. The maximum atomic E-state index is 12.6. The van der Waals surface area contributed by atoms with Gasteiger partial charge >= 0.3 is 0 Å². The minimum absolute atomic E-state index is 0.319. The molecule has 0 aliphatic heterocycles. The first-order chi connectivity index (χ1) is 11.5. The highest BCUT2D eigenvalue weighted by Crippen LogP contribution is 2.38. The Morgan fingerprint density at radius 2 is 1.88 bits per heavy atom. The van der Waals surface area contributed by atoms with E-state index in [0.29, 0.717) is 32.1 Å². The molecule has 24 heavy (non-hydrogen) atoms. The molecule has 0 radical (unpaired) electrons. The maximum Gasteiger partial charge on any atom is 0.267 e. The molecule has 3 rings (SSSR count). The molecule has 0 saturated heterocycles. The number of ether oxygens (including phenoxy) is 2. The number of benzene rings is 2. The second kappa shape index (κ2) is 6.89. The third-order valence-corrected chi connectivity index (χ3v) is 5.36. The normalized spacial score (nSPS) is 10.7. The fraction of sp³-hybridized carbons (Fsp3) is 0.118. The Labute approximate surface area is 152 Å². The summed E-state index contributed by atoms with van der Waals surface area (Å²) < 4.78 is 11.3. The van der Waals surface area contributed by atoms with Crippen molar-refractivity contribution in [3.05, 3.63) is 51.3 Å². The number of nitrogens with one attached hydrogen (secondary N) is 1. The van der Waals surface area contributed by atoms with Crippen LogP contribution in [0.2, 0.25) is 10.0 Å². The van der Waals surface area contributed by atoms with Crippen LogP contribution in [0, 0.1) is 0 Å². The molecule has 3 aromatic rings. The Morgan fingerprint density at radius 3 is 2.58 bits per heavy atom. The topological polar surface area (TPSA) is 47.6 Å². The number of fused-ring (bicyclic) bond motifs is 1. The first kappa shape index (κ1) is 16.9. The Morgan fingerprint density at radius 1 is 1.08 bits per heavy atom. The zero-order chi connectivity index (χ0) is 17.3. The van der Waals surface area contributed by atoms with Gasteiger partial charge in [0.25, 0.3) is 5.91 Å². The lowest BCUT2D eigenvalue weighted by molar-refractivity contribution is 0.103. The van der Waals surface area contributed by atoms with Gasteiger partial charge < -0.3 is 14.8 Å². The molecule has 0 unspecified atom stereocenters. The van der Waals surface area contributed by atoms with Crippen LogP contribution in [0.25, 0.3) is 10.1 Å². The molecule has 0 fully saturated rings. The van der Waals surface area contributed by atoms with Gasteiger partial charge in [0.1, 0.15) is 16.4 Å². The highest BCUT2D eigenvalue weighted by molar-refractivity contribution is 7.21. The zero-order valence-electron chi connectivity index (χ0n) is 12.9. The molecule has 1 heterocycles. The molecular weight excluding hydrogens is 369 g/mol. The molecule has 1 amide bonds. The second-order valence-electron chi connectivity index (χ2n) is 4.91. The second-order valence-corrected chi connectivity index (χ2v) is 6.77. The fourth-order valence-electron chi connectivity index (χ4n) is 2.28. The molecule has 0 bridgehead atoms. The molecule has 0 atom stereocenters. The highest BCUT2D eigenvalue weighted by Gasteiger charge is 2.19. The minimum atomic E-state index is -0.319. The lowest BCUT2D eigenvalue weighted by Crippen LogP contribution is -2.11. The van der Waals surface area contributed by atoms with Crippen LogP contribution in [0.1, 0.15) is 9.67 Å². The molecule has 2 aromatic carbocycles. The number of amides is 1. The predicted octanol–water partition coefficient (Wildman–Crippen LogP) is 5.48. The average Bonchev–Trinajstić information content (AvgIpc) is 2.91.